The average Bonchev–Trinajstić information content (AvgIpc) is 2.59. The largest absolute Gasteiger partial charge is 0.479 e. The maximum atomic E-state index is 10.3. The number of hydrogen-bond donors (Lipinski definition) is 4. The molecule has 10 heteroatoms. The van der Waals surface area contributed by atoms with Gasteiger partial charge in [-0.05, 0) is 48.6 Å². The van der Waals surface area contributed by atoms with Gasteiger partial charge in [0.15, 0.2) is 35.3 Å². The highest BCUT2D eigenvalue weighted by atomic mass is 16.4. The van der Waals surface area contributed by atoms with Gasteiger partial charge in [0, 0.05) is 0 Å². The summed E-state index contributed by atoms with van der Waals surface area (Å²) in [6, 6.07) is 0. The quantitative estimate of drug-likeness (QED) is 0.423. The highest BCUT2D eigenvalue weighted by Crippen LogP contribution is 1.93. The predicted molar refractivity (Wildman–Crippen MR) is 83.9 cm³/mol. The summed E-state index contributed by atoms with van der Waals surface area (Å²) in [6.45, 7) is 0. The summed E-state index contributed by atoms with van der Waals surface area (Å²) in [5.74, 6) is -4.02. The molecule has 0 aromatic carbocycles. The summed E-state index contributed by atoms with van der Waals surface area (Å²) < 4.78 is 0. The van der Waals surface area contributed by atoms with Gasteiger partial charge >= 0.3 is 11.9 Å². The van der Waals surface area contributed by atoms with Crippen molar-refractivity contribution >= 4 is 35.1 Å². The first-order chi connectivity index (χ1) is 12.0. The van der Waals surface area contributed by atoms with Gasteiger partial charge in [0.1, 0.15) is 0 Å². The molecular weight excluding hydrogens is 352 g/mol. The van der Waals surface area contributed by atoms with Gasteiger partial charge in [0.25, 0.3) is 0 Å². The zero-order valence-electron chi connectivity index (χ0n) is 13.0. The number of carboxylic acids is 2. The number of allylic oxidation sites excluding steroid dienone is 8. The van der Waals surface area contributed by atoms with Gasteiger partial charge in [-0.15, -0.1) is 0 Å². The maximum Gasteiger partial charge on any atom is 0.335 e. The van der Waals surface area contributed by atoms with E-state index >= 15 is 0 Å². The van der Waals surface area contributed by atoms with Gasteiger partial charge in [0.2, 0.25) is 0 Å². The highest BCUT2D eigenvalue weighted by Gasteiger charge is 2.29. The normalized spacial score (nSPS) is 16.8. The SMILES string of the molecule is O=C(O)C(O)C(O)C(=O)O.O=C1C=CC(=O)C=C1.O=C1C=CC(=O)C=C1. The van der Waals surface area contributed by atoms with Crippen LogP contribution in [0.4, 0.5) is 0 Å². The van der Waals surface area contributed by atoms with Crippen molar-refractivity contribution in [1.29, 1.82) is 0 Å². The lowest BCUT2D eigenvalue weighted by atomic mass is 10.2. The summed E-state index contributed by atoms with van der Waals surface area (Å²) in [6.07, 6.45) is 5.49. The van der Waals surface area contributed by atoms with E-state index in [9.17, 15) is 28.8 Å². The van der Waals surface area contributed by atoms with Crippen LogP contribution in [-0.4, -0.2) is 67.7 Å². The molecule has 0 bridgehead atoms. The third-order valence-electron chi connectivity index (χ3n) is 2.45. The minimum Gasteiger partial charge on any atom is -0.479 e. The number of hydrogen-bond acceptors (Lipinski definition) is 8. The molecule has 26 heavy (non-hydrogen) atoms. The first kappa shape index (κ1) is 22.5. The van der Waals surface area contributed by atoms with Gasteiger partial charge in [0.05, 0.1) is 0 Å². The van der Waals surface area contributed by atoms with Crippen LogP contribution >= 0.6 is 0 Å². The summed E-state index contributed by atoms with van der Waals surface area (Å²) >= 11 is 0. The van der Waals surface area contributed by atoms with Gasteiger partial charge in [-0.25, -0.2) is 9.59 Å². The van der Waals surface area contributed by atoms with Crippen LogP contribution in [-0.2, 0) is 28.8 Å². The van der Waals surface area contributed by atoms with Crippen LogP contribution < -0.4 is 0 Å². The third kappa shape index (κ3) is 9.60. The number of aliphatic hydroxyl groups excluding tert-OH is 2. The minimum absolute atomic E-state index is 0.121. The second-order valence-electron chi connectivity index (χ2n) is 4.51. The zero-order valence-corrected chi connectivity index (χ0v) is 13.0. The van der Waals surface area contributed by atoms with E-state index in [0.717, 1.165) is 0 Å². The van der Waals surface area contributed by atoms with Crippen molar-refractivity contribution in [3.63, 3.8) is 0 Å². The Morgan fingerprint density at radius 2 is 0.692 bits per heavy atom. The van der Waals surface area contributed by atoms with Crippen molar-refractivity contribution in [3.05, 3.63) is 48.6 Å². The molecule has 2 aliphatic rings. The summed E-state index contributed by atoms with van der Waals surface area (Å²) in [5, 5.41) is 32.5. The number of carboxylic acid groups (broad SMARTS) is 2. The standard InChI is InChI=1S/2C6H4O2.C4H6O6/c2*7-5-1-2-6(8)4-3-5;5-1(3(7)8)2(6)4(9)10/h2*1-4H;1-2,5-6H,(H,7,8)(H,9,10). The lowest BCUT2D eigenvalue weighted by Crippen LogP contribution is -2.39. The van der Waals surface area contributed by atoms with Crippen LogP contribution in [0.3, 0.4) is 0 Å². The van der Waals surface area contributed by atoms with Crippen molar-refractivity contribution in [2.24, 2.45) is 0 Å². The smallest absolute Gasteiger partial charge is 0.335 e. The zero-order chi connectivity index (χ0) is 20.3. The Labute approximate surface area is 146 Å². The van der Waals surface area contributed by atoms with Gasteiger partial charge < -0.3 is 20.4 Å². The van der Waals surface area contributed by atoms with Crippen molar-refractivity contribution < 1.29 is 49.2 Å². The van der Waals surface area contributed by atoms with E-state index in [1.165, 1.54) is 48.6 Å². The topological polar surface area (TPSA) is 183 Å². The minimum atomic E-state index is -2.27. The molecule has 2 aliphatic carbocycles. The Morgan fingerprint density at radius 3 is 0.808 bits per heavy atom. The Kier molecular flexibility index (Phi) is 9.63. The van der Waals surface area contributed by atoms with Crippen molar-refractivity contribution in [3.8, 4) is 0 Å². The molecule has 0 heterocycles. The van der Waals surface area contributed by atoms with Crippen LogP contribution in [0.2, 0.25) is 0 Å². The molecule has 2 unspecified atom stereocenters. The Morgan fingerprint density at radius 1 is 0.538 bits per heavy atom. The maximum absolute atomic E-state index is 10.3. The van der Waals surface area contributed by atoms with Crippen LogP contribution in [0.5, 0.6) is 0 Å². The molecule has 0 saturated carbocycles. The summed E-state index contributed by atoms with van der Waals surface area (Å²) in [5.41, 5.74) is 0. The van der Waals surface area contributed by atoms with Crippen molar-refractivity contribution in [2.45, 2.75) is 12.2 Å². The Balaban J connectivity index is 0.000000363. The van der Waals surface area contributed by atoms with E-state index in [4.69, 9.17) is 20.4 Å². The van der Waals surface area contributed by atoms with E-state index in [2.05, 4.69) is 0 Å². The van der Waals surface area contributed by atoms with Gasteiger partial charge in [-0.3, -0.25) is 19.2 Å². The van der Waals surface area contributed by atoms with Crippen LogP contribution in [0, 0.1) is 0 Å². The summed E-state index contributed by atoms with van der Waals surface area (Å²) in [4.78, 5) is 60.7. The molecule has 0 aliphatic heterocycles. The molecule has 2 rings (SSSR count). The van der Waals surface area contributed by atoms with E-state index < -0.39 is 24.1 Å². The van der Waals surface area contributed by atoms with E-state index in [0.29, 0.717) is 0 Å². The monoisotopic (exact) mass is 366 g/mol. The fourth-order valence-electron chi connectivity index (χ4n) is 1.15. The molecule has 138 valence electrons. The number of carbonyl (C=O) groups is 6. The molecule has 0 aromatic rings. The number of rotatable bonds is 3. The van der Waals surface area contributed by atoms with Gasteiger partial charge in [-0.2, -0.15) is 0 Å². The molecular formula is C16H14O10. The molecule has 0 spiro atoms. The molecule has 0 saturated heterocycles. The van der Waals surface area contributed by atoms with Crippen LogP contribution in [0.25, 0.3) is 0 Å². The number of ketones is 4. The third-order valence-corrected chi connectivity index (χ3v) is 2.45. The molecule has 0 fully saturated rings. The number of aliphatic hydroxyl groups is 2. The lowest BCUT2D eigenvalue weighted by molar-refractivity contribution is -0.165. The van der Waals surface area contributed by atoms with E-state index in [1.807, 2.05) is 0 Å². The highest BCUT2D eigenvalue weighted by molar-refractivity contribution is 6.14. The van der Waals surface area contributed by atoms with E-state index in [1.54, 1.807) is 0 Å². The van der Waals surface area contributed by atoms with Crippen molar-refractivity contribution in [2.75, 3.05) is 0 Å². The first-order valence-electron chi connectivity index (χ1n) is 6.74. The molecule has 2 atom stereocenters. The predicted octanol–water partition coefficient (Wildman–Crippen LogP) is -1.62. The number of carbonyl (C=O) groups excluding carboxylic acids is 4. The second kappa shape index (κ2) is 11.1. The molecule has 4 N–H and O–H groups in total. The Bertz CT molecular complexity index is 585. The van der Waals surface area contributed by atoms with Crippen LogP contribution in [0.15, 0.2) is 48.6 Å². The average molecular weight is 366 g/mol. The fourth-order valence-corrected chi connectivity index (χ4v) is 1.15. The Hall–Kier alpha value is -3.50. The van der Waals surface area contributed by atoms with E-state index in [-0.39, 0.29) is 23.1 Å². The van der Waals surface area contributed by atoms with Crippen LogP contribution in [0.1, 0.15) is 0 Å². The summed E-state index contributed by atoms with van der Waals surface area (Å²) in [7, 11) is 0. The van der Waals surface area contributed by atoms with Gasteiger partial charge in [-0.1, -0.05) is 0 Å². The molecule has 0 amide bonds. The first-order valence-corrected chi connectivity index (χ1v) is 6.74. The molecule has 0 aromatic heterocycles. The fraction of sp³-hybridized carbons (Fsp3) is 0.125. The van der Waals surface area contributed by atoms with Crippen molar-refractivity contribution in [1.82, 2.24) is 0 Å². The second-order valence-corrected chi connectivity index (χ2v) is 4.51. The molecule has 10 nitrogen and oxygen atoms in total. The molecule has 0 radical (unpaired) electrons. The number of aliphatic carboxylic acids is 2. The lowest BCUT2D eigenvalue weighted by Gasteiger charge is -2.07.